The minimum Gasteiger partial charge on any atom is -0.493 e. The van der Waals surface area contributed by atoms with Crippen molar-refractivity contribution in [2.75, 3.05) is 33.5 Å². The molecule has 6 heteroatoms. The Morgan fingerprint density at radius 2 is 1.32 bits per heavy atom. The van der Waals surface area contributed by atoms with Gasteiger partial charge < -0.3 is 24.3 Å². The van der Waals surface area contributed by atoms with Crippen molar-refractivity contribution in [3.63, 3.8) is 0 Å². The standard InChI is InChI=1S/C25H35NO5/c1-5-29-21-13-10-19(17-23(21)28-4)9-8-16-26-25(27)15-12-20-11-14-22(30-6-2)24(18-20)31-7-3/h10-11,13-14,17-18H,5-9,12,15-16H2,1-4H3,(H,26,27). The van der Waals surface area contributed by atoms with Crippen LogP contribution in [0.2, 0.25) is 0 Å². The number of benzene rings is 2. The van der Waals surface area contributed by atoms with Gasteiger partial charge in [-0.05, 0) is 75.4 Å². The molecule has 0 aliphatic rings. The molecule has 0 saturated heterocycles. The lowest BCUT2D eigenvalue weighted by Gasteiger charge is -2.12. The number of ether oxygens (including phenoxy) is 4. The van der Waals surface area contributed by atoms with Crippen LogP contribution in [0.1, 0.15) is 44.7 Å². The van der Waals surface area contributed by atoms with Gasteiger partial charge in [-0.3, -0.25) is 4.79 Å². The lowest BCUT2D eigenvalue weighted by molar-refractivity contribution is -0.121. The molecule has 2 rings (SSSR count). The number of amides is 1. The summed E-state index contributed by atoms with van der Waals surface area (Å²) in [6, 6.07) is 11.8. The van der Waals surface area contributed by atoms with Crippen LogP contribution in [-0.4, -0.2) is 39.4 Å². The van der Waals surface area contributed by atoms with Crippen molar-refractivity contribution in [3.8, 4) is 23.0 Å². The SMILES string of the molecule is CCOc1ccc(CCCNC(=O)CCc2ccc(OCC)c(OCC)c2)cc1OC. The van der Waals surface area contributed by atoms with E-state index in [0.717, 1.165) is 47.0 Å². The fourth-order valence-electron chi connectivity index (χ4n) is 3.26. The molecule has 0 fully saturated rings. The summed E-state index contributed by atoms with van der Waals surface area (Å²) in [5, 5.41) is 3.00. The summed E-state index contributed by atoms with van der Waals surface area (Å²) in [6.45, 7) is 8.24. The molecule has 1 N–H and O–H groups in total. The number of aryl methyl sites for hydroxylation is 2. The Labute approximate surface area is 185 Å². The topological polar surface area (TPSA) is 66.0 Å². The quantitative estimate of drug-likeness (QED) is 0.446. The molecule has 0 atom stereocenters. The van der Waals surface area contributed by atoms with Crippen LogP contribution in [0.15, 0.2) is 36.4 Å². The molecular weight excluding hydrogens is 394 g/mol. The molecule has 0 saturated carbocycles. The first-order valence-corrected chi connectivity index (χ1v) is 11.1. The van der Waals surface area contributed by atoms with Gasteiger partial charge in [0.05, 0.1) is 26.9 Å². The Bertz CT molecular complexity index is 822. The third kappa shape index (κ3) is 8.04. The van der Waals surface area contributed by atoms with E-state index < -0.39 is 0 Å². The van der Waals surface area contributed by atoms with E-state index in [2.05, 4.69) is 5.32 Å². The number of carbonyl (C=O) groups is 1. The van der Waals surface area contributed by atoms with Crippen LogP contribution in [0.3, 0.4) is 0 Å². The molecule has 0 aromatic heterocycles. The van der Waals surface area contributed by atoms with Crippen LogP contribution >= 0.6 is 0 Å². The molecule has 0 radical (unpaired) electrons. The molecule has 0 aliphatic carbocycles. The van der Waals surface area contributed by atoms with Crippen LogP contribution < -0.4 is 24.3 Å². The number of rotatable bonds is 14. The molecule has 31 heavy (non-hydrogen) atoms. The maximum absolute atomic E-state index is 12.2. The average molecular weight is 430 g/mol. The highest BCUT2D eigenvalue weighted by Gasteiger charge is 2.09. The number of carbonyl (C=O) groups excluding carboxylic acids is 1. The van der Waals surface area contributed by atoms with Crippen LogP contribution in [-0.2, 0) is 17.6 Å². The van der Waals surface area contributed by atoms with Gasteiger partial charge in [-0.25, -0.2) is 0 Å². The van der Waals surface area contributed by atoms with E-state index in [1.165, 1.54) is 0 Å². The number of methoxy groups -OCH3 is 1. The van der Waals surface area contributed by atoms with E-state index in [9.17, 15) is 4.79 Å². The first-order valence-electron chi connectivity index (χ1n) is 11.1. The molecule has 2 aromatic rings. The largest absolute Gasteiger partial charge is 0.493 e. The van der Waals surface area contributed by atoms with Crippen molar-refractivity contribution in [2.24, 2.45) is 0 Å². The van der Waals surface area contributed by atoms with Crippen molar-refractivity contribution in [2.45, 2.75) is 46.5 Å². The maximum atomic E-state index is 12.2. The van der Waals surface area contributed by atoms with E-state index in [0.29, 0.717) is 39.2 Å². The van der Waals surface area contributed by atoms with Crippen molar-refractivity contribution < 1.29 is 23.7 Å². The Hall–Kier alpha value is -2.89. The molecule has 2 aromatic carbocycles. The summed E-state index contributed by atoms with van der Waals surface area (Å²) in [4.78, 5) is 12.2. The summed E-state index contributed by atoms with van der Waals surface area (Å²) in [6.07, 6.45) is 2.82. The zero-order valence-corrected chi connectivity index (χ0v) is 19.2. The van der Waals surface area contributed by atoms with E-state index in [1.807, 2.05) is 57.2 Å². The minimum absolute atomic E-state index is 0.0520. The second-order valence-corrected chi connectivity index (χ2v) is 7.02. The molecule has 1 amide bonds. The molecule has 170 valence electrons. The van der Waals surface area contributed by atoms with E-state index in [1.54, 1.807) is 7.11 Å². The molecule has 0 bridgehead atoms. The van der Waals surface area contributed by atoms with Gasteiger partial charge in [-0.15, -0.1) is 0 Å². The van der Waals surface area contributed by atoms with Gasteiger partial charge in [0.2, 0.25) is 5.91 Å². The highest BCUT2D eigenvalue weighted by atomic mass is 16.5. The van der Waals surface area contributed by atoms with Gasteiger partial charge in [-0.1, -0.05) is 12.1 Å². The Kier molecular flexibility index (Phi) is 10.6. The smallest absolute Gasteiger partial charge is 0.220 e. The van der Waals surface area contributed by atoms with E-state index in [4.69, 9.17) is 18.9 Å². The zero-order chi connectivity index (χ0) is 22.5. The molecular formula is C25H35NO5. The summed E-state index contributed by atoms with van der Waals surface area (Å²) in [7, 11) is 1.64. The molecule has 0 unspecified atom stereocenters. The molecule has 0 aliphatic heterocycles. The third-order valence-corrected chi connectivity index (χ3v) is 4.74. The highest BCUT2D eigenvalue weighted by molar-refractivity contribution is 5.76. The third-order valence-electron chi connectivity index (χ3n) is 4.74. The van der Waals surface area contributed by atoms with Crippen LogP contribution in [0.25, 0.3) is 0 Å². The van der Waals surface area contributed by atoms with Gasteiger partial charge in [0.15, 0.2) is 23.0 Å². The molecule has 0 spiro atoms. The fourth-order valence-corrected chi connectivity index (χ4v) is 3.26. The second kappa shape index (κ2) is 13.4. The van der Waals surface area contributed by atoms with Crippen molar-refractivity contribution in [3.05, 3.63) is 47.5 Å². The molecule has 6 nitrogen and oxygen atoms in total. The van der Waals surface area contributed by atoms with Crippen LogP contribution in [0.5, 0.6) is 23.0 Å². The lowest BCUT2D eigenvalue weighted by Crippen LogP contribution is -2.25. The normalized spacial score (nSPS) is 10.5. The minimum atomic E-state index is 0.0520. The fraction of sp³-hybridized carbons (Fsp3) is 0.480. The number of nitrogens with one attached hydrogen (secondary N) is 1. The van der Waals surface area contributed by atoms with Crippen LogP contribution in [0, 0.1) is 0 Å². The van der Waals surface area contributed by atoms with Crippen molar-refractivity contribution in [1.82, 2.24) is 5.32 Å². The van der Waals surface area contributed by atoms with Crippen molar-refractivity contribution in [1.29, 1.82) is 0 Å². The van der Waals surface area contributed by atoms with Gasteiger partial charge in [0.1, 0.15) is 0 Å². The monoisotopic (exact) mass is 429 g/mol. The lowest BCUT2D eigenvalue weighted by atomic mass is 10.1. The van der Waals surface area contributed by atoms with Gasteiger partial charge in [0.25, 0.3) is 0 Å². The number of hydrogen-bond donors (Lipinski definition) is 1. The van der Waals surface area contributed by atoms with Crippen molar-refractivity contribution >= 4 is 5.91 Å². The molecule has 0 heterocycles. The van der Waals surface area contributed by atoms with Gasteiger partial charge >= 0.3 is 0 Å². The van der Waals surface area contributed by atoms with E-state index >= 15 is 0 Å². The summed E-state index contributed by atoms with van der Waals surface area (Å²) < 4.78 is 22.2. The average Bonchev–Trinajstić information content (AvgIpc) is 2.78. The summed E-state index contributed by atoms with van der Waals surface area (Å²) in [5.74, 6) is 3.02. The predicted molar refractivity (Wildman–Crippen MR) is 123 cm³/mol. The predicted octanol–water partition coefficient (Wildman–Crippen LogP) is 4.57. The highest BCUT2D eigenvalue weighted by Crippen LogP contribution is 2.29. The maximum Gasteiger partial charge on any atom is 0.220 e. The zero-order valence-electron chi connectivity index (χ0n) is 19.2. The Balaban J connectivity index is 1.75. The Morgan fingerprint density at radius 3 is 1.94 bits per heavy atom. The second-order valence-electron chi connectivity index (χ2n) is 7.02. The summed E-state index contributed by atoms with van der Waals surface area (Å²) >= 11 is 0. The van der Waals surface area contributed by atoms with E-state index in [-0.39, 0.29) is 5.91 Å². The van der Waals surface area contributed by atoms with Gasteiger partial charge in [0, 0.05) is 13.0 Å². The van der Waals surface area contributed by atoms with Crippen LogP contribution in [0.4, 0.5) is 0 Å². The Morgan fingerprint density at radius 1 is 0.774 bits per heavy atom. The first-order chi connectivity index (χ1) is 15.1. The van der Waals surface area contributed by atoms with Gasteiger partial charge in [-0.2, -0.15) is 0 Å². The number of hydrogen-bond acceptors (Lipinski definition) is 5. The first kappa shape index (κ1) is 24.4. The summed E-state index contributed by atoms with van der Waals surface area (Å²) in [5.41, 5.74) is 2.22.